The Kier molecular flexibility index (Phi) is 3.93. The molecule has 0 aliphatic heterocycles. The number of nitrogens with zero attached hydrogens (tertiary/aromatic N) is 2. The Labute approximate surface area is 115 Å². The maximum Gasteiger partial charge on any atom is 0.142 e. The molecule has 1 N–H and O–H groups in total. The average molecular weight is 339 g/mol. The molecule has 0 unspecified atom stereocenters. The zero-order valence-electron chi connectivity index (χ0n) is 9.87. The van der Waals surface area contributed by atoms with E-state index in [0.717, 1.165) is 21.6 Å². The molecule has 4 heteroatoms. The van der Waals surface area contributed by atoms with Crippen LogP contribution >= 0.6 is 22.6 Å². The summed E-state index contributed by atoms with van der Waals surface area (Å²) in [6.07, 6.45) is 2.62. The standard InChI is InChI=1S/C13H14IN3/c1-9-3-5-10(6-4-9)7-12-16-8-11(14)13(15-2)17-12/h3-6,8H,7H2,1-2H3,(H,15,16,17). The van der Waals surface area contributed by atoms with Gasteiger partial charge in [-0.05, 0) is 35.1 Å². The summed E-state index contributed by atoms with van der Waals surface area (Å²) < 4.78 is 1.04. The summed E-state index contributed by atoms with van der Waals surface area (Å²) in [6.45, 7) is 2.09. The van der Waals surface area contributed by atoms with Crippen LogP contribution in [0, 0.1) is 10.5 Å². The fourth-order valence-electron chi connectivity index (χ4n) is 1.55. The van der Waals surface area contributed by atoms with Crippen molar-refractivity contribution < 1.29 is 0 Å². The molecule has 0 spiro atoms. The molecule has 0 bridgehead atoms. The van der Waals surface area contributed by atoms with E-state index >= 15 is 0 Å². The molecule has 17 heavy (non-hydrogen) atoms. The number of hydrogen-bond acceptors (Lipinski definition) is 3. The van der Waals surface area contributed by atoms with Gasteiger partial charge in [0.1, 0.15) is 11.6 Å². The Morgan fingerprint density at radius 3 is 2.59 bits per heavy atom. The van der Waals surface area contributed by atoms with Gasteiger partial charge in [-0.15, -0.1) is 0 Å². The van der Waals surface area contributed by atoms with Gasteiger partial charge in [0, 0.05) is 19.7 Å². The smallest absolute Gasteiger partial charge is 0.142 e. The first-order valence-electron chi connectivity index (χ1n) is 5.44. The number of benzene rings is 1. The Balaban J connectivity index is 2.21. The van der Waals surface area contributed by atoms with Gasteiger partial charge in [0.2, 0.25) is 0 Å². The van der Waals surface area contributed by atoms with Crippen LogP contribution in [-0.4, -0.2) is 17.0 Å². The summed E-state index contributed by atoms with van der Waals surface area (Å²) >= 11 is 2.22. The highest BCUT2D eigenvalue weighted by atomic mass is 127. The zero-order chi connectivity index (χ0) is 12.3. The lowest BCUT2D eigenvalue weighted by Crippen LogP contribution is -2.02. The number of rotatable bonds is 3. The van der Waals surface area contributed by atoms with Crippen LogP contribution in [0.25, 0.3) is 0 Å². The van der Waals surface area contributed by atoms with Gasteiger partial charge in [0.25, 0.3) is 0 Å². The number of anilines is 1. The van der Waals surface area contributed by atoms with E-state index in [2.05, 4.69) is 69.1 Å². The zero-order valence-corrected chi connectivity index (χ0v) is 12.0. The topological polar surface area (TPSA) is 37.8 Å². The maximum absolute atomic E-state index is 4.48. The van der Waals surface area contributed by atoms with Crippen molar-refractivity contribution in [3.63, 3.8) is 0 Å². The second-order valence-corrected chi connectivity index (χ2v) is 5.06. The minimum absolute atomic E-state index is 0.770. The molecule has 1 heterocycles. The van der Waals surface area contributed by atoms with Gasteiger partial charge in [-0.3, -0.25) is 0 Å². The second kappa shape index (κ2) is 5.44. The van der Waals surface area contributed by atoms with Crippen molar-refractivity contribution in [2.75, 3.05) is 12.4 Å². The Morgan fingerprint density at radius 2 is 1.94 bits per heavy atom. The maximum atomic E-state index is 4.48. The number of aryl methyl sites for hydroxylation is 1. The molecule has 0 fully saturated rings. The molecule has 0 saturated heterocycles. The first kappa shape index (κ1) is 12.3. The predicted octanol–water partition coefficient (Wildman–Crippen LogP) is 3.02. The van der Waals surface area contributed by atoms with Crippen molar-refractivity contribution in [3.8, 4) is 0 Å². The fraction of sp³-hybridized carbons (Fsp3) is 0.231. The summed E-state index contributed by atoms with van der Waals surface area (Å²) in [5, 5.41) is 3.07. The lowest BCUT2D eigenvalue weighted by Gasteiger charge is -2.05. The van der Waals surface area contributed by atoms with E-state index in [-0.39, 0.29) is 0 Å². The number of nitrogens with one attached hydrogen (secondary N) is 1. The first-order chi connectivity index (χ1) is 8.19. The third-order valence-corrected chi connectivity index (χ3v) is 3.30. The number of aromatic nitrogens is 2. The Morgan fingerprint density at radius 1 is 1.24 bits per heavy atom. The average Bonchev–Trinajstić information content (AvgIpc) is 2.34. The molecule has 0 amide bonds. The Hall–Kier alpha value is -1.17. The van der Waals surface area contributed by atoms with Crippen LogP contribution in [0.5, 0.6) is 0 Å². The molecule has 3 nitrogen and oxygen atoms in total. The van der Waals surface area contributed by atoms with Crippen molar-refractivity contribution in [2.24, 2.45) is 0 Å². The van der Waals surface area contributed by atoms with Crippen molar-refractivity contribution in [1.29, 1.82) is 0 Å². The van der Waals surface area contributed by atoms with Crippen molar-refractivity contribution in [3.05, 3.63) is 51.0 Å². The second-order valence-electron chi connectivity index (χ2n) is 3.90. The van der Waals surface area contributed by atoms with Gasteiger partial charge in [-0.25, -0.2) is 9.97 Å². The van der Waals surface area contributed by atoms with Gasteiger partial charge < -0.3 is 5.32 Å². The molecule has 0 aliphatic carbocycles. The van der Waals surface area contributed by atoms with Crippen LogP contribution in [0.3, 0.4) is 0 Å². The minimum atomic E-state index is 0.770. The fourth-order valence-corrected chi connectivity index (χ4v) is 2.08. The third-order valence-electron chi connectivity index (χ3n) is 2.51. The summed E-state index contributed by atoms with van der Waals surface area (Å²) in [5.41, 5.74) is 2.51. The van der Waals surface area contributed by atoms with Crippen molar-refractivity contribution >= 4 is 28.4 Å². The first-order valence-corrected chi connectivity index (χ1v) is 6.51. The van der Waals surface area contributed by atoms with Crippen LogP contribution in [-0.2, 0) is 6.42 Å². The molecule has 1 aromatic heterocycles. The van der Waals surface area contributed by atoms with Crippen LogP contribution in [0.4, 0.5) is 5.82 Å². The van der Waals surface area contributed by atoms with E-state index in [0.29, 0.717) is 0 Å². The van der Waals surface area contributed by atoms with Crippen molar-refractivity contribution in [1.82, 2.24) is 9.97 Å². The van der Waals surface area contributed by atoms with Gasteiger partial charge in [-0.2, -0.15) is 0 Å². The minimum Gasteiger partial charge on any atom is -0.372 e. The van der Waals surface area contributed by atoms with Crippen molar-refractivity contribution in [2.45, 2.75) is 13.3 Å². The molecule has 1 aromatic carbocycles. The van der Waals surface area contributed by atoms with Gasteiger partial charge >= 0.3 is 0 Å². The quantitative estimate of drug-likeness (QED) is 0.874. The Bertz CT molecular complexity index is 509. The molecule has 88 valence electrons. The largest absolute Gasteiger partial charge is 0.372 e. The van der Waals surface area contributed by atoms with Gasteiger partial charge in [-0.1, -0.05) is 29.8 Å². The number of hydrogen-bond donors (Lipinski definition) is 1. The van der Waals surface area contributed by atoms with E-state index in [1.807, 2.05) is 13.2 Å². The lowest BCUT2D eigenvalue weighted by molar-refractivity contribution is 0.962. The van der Waals surface area contributed by atoms with Crippen LogP contribution < -0.4 is 5.32 Å². The van der Waals surface area contributed by atoms with E-state index in [4.69, 9.17) is 0 Å². The summed E-state index contributed by atoms with van der Waals surface area (Å²) in [5.74, 6) is 1.74. The molecule has 0 atom stereocenters. The molecule has 0 saturated carbocycles. The highest BCUT2D eigenvalue weighted by Crippen LogP contribution is 2.15. The van der Waals surface area contributed by atoms with E-state index in [1.54, 1.807) is 0 Å². The molecule has 2 aromatic rings. The molecular formula is C13H14IN3. The van der Waals surface area contributed by atoms with Crippen LogP contribution in [0.15, 0.2) is 30.5 Å². The van der Waals surface area contributed by atoms with Crippen LogP contribution in [0.2, 0.25) is 0 Å². The highest BCUT2D eigenvalue weighted by molar-refractivity contribution is 14.1. The monoisotopic (exact) mass is 339 g/mol. The summed E-state index contributed by atoms with van der Waals surface area (Å²) in [6, 6.07) is 8.47. The normalized spacial score (nSPS) is 10.3. The van der Waals surface area contributed by atoms with Gasteiger partial charge in [0.05, 0.1) is 3.57 Å². The predicted molar refractivity (Wildman–Crippen MR) is 78.3 cm³/mol. The van der Waals surface area contributed by atoms with E-state index in [9.17, 15) is 0 Å². The van der Waals surface area contributed by atoms with E-state index in [1.165, 1.54) is 11.1 Å². The molecule has 0 aliphatic rings. The van der Waals surface area contributed by atoms with Gasteiger partial charge in [0.15, 0.2) is 0 Å². The highest BCUT2D eigenvalue weighted by Gasteiger charge is 2.04. The SMILES string of the molecule is CNc1nc(Cc2ccc(C)cc2)ncc1I. The van der Waals surface area contributed by atoms with Crippen LogP contribution in [0.1, 0.15) is 17.0 Å². The van der Waals surface area contributed by atoms with E-state index < -0.39 is 0 Å². The number of halogens is 1. The molecular weight excluding hydrogens is 325 g/mol. The molecule has 0 radical (unpaired) electrons. The third kappa shape index (κ3) is 3.15. The molecule has 2 rings (SSSR count). The lowest BCUT2D eigenvalue weighted by atomic mass is 10.1. The summed E-state index contributed by atoms with van der Waals surface area (Å²) in [4.78, 5) is 8.82. The summed E-state index contributed by atoms with van der Waals surface area (Å²) in [7, 11) is 1.88.